The number of benzene rings is 1. The fourth-order valence-corrected chi connectivity index (χ4v) is 2.21. The zero-order valence-corrected chi connectivity index (χ0v) is 11.7. The minimum Gasteiger partial charge on any atom is -0.352 e. The Labute approximate surface area is 119 Å². The van der Waals surface area contributed by atoms with Crippen molar-refractivity contribution < 1.29 is 9.72 Å². The quantitative estimate of drug-likeness (QED) is 0.691. The van der Waals surface area contributed by atoms with Gasteiger partial charge in [0.15, 0.2) is 0 Å². The fraction of sp³-hybridized carbons (Fsp3) is 0.333. The second kappa shape index (κ2) is 5.46. The van der Waals surface area contributed by atoms with E-state index >= 15 is 0 Å². The van der Waals surface area contributed by atoms with E-state index in [1.54, 1.807) is 0 Å². The summed E-state index contributed by atoms with van der Waals surface area (Å²) in [6.45, 7) is 3.73. The molecular formula is C12H13ClN4O3. The van der Waals surface area contributed by atoms with Crippen LogP contribution in [-0.2, 0) is 11.3 Å². The highest BCUT2D eigenvalue weighted by Crippen LogP contribution is 2.28. The highest BCUT2D eigenvalue weighted by Gasteiger charge is 2.16. The van der Waals surface area contributed by atoms with Gasteiger partial charge in [0.05, 0.1) is 21.7 Å². The maximum Gasteiger partial charge on any atom is 0.271 e. The van der Waals surface area contributed by atoms with Crippen LogP contribution >= 0.6 is 11.6 Å². The van der Waals surface area contributed by atoms with Gasteiger partial charge in [-0.05, 0) is 13.8 Å². The molecule has 1 aromatic carbocycles. The Hall–Kier alpha value is -2.15. The van der Waals surface area contributed by atoms with Crippen LogP contribution in [-0.4, -0.2) is 26.7 Å². The van der Waals surface area contributed by atoms with Gasteiger partial charge in [-0.25, -0.2) is 0 Å². The van der Waals surface area contributed by atoms with Gasteiger partial charge in [0, 0.05) is 23.6 Å². The second-order valence-electron chi connectivity index (χ2n) is 4.65. The maximum absolute atomic E-state index is 11.7. The monoisotopic (exact) mass is 296 g/mol. The fourth-order valence-electron chi connectivity index (χ4n) is 1.89. The summed E-state index contributed by atoms with van der Waals surface area (Å²) in [4.78, 5) is 22.0. The first-order valence-electron chi connectivity index (χ1n) is 5.97. The van der Waals surface area contributed by atoms with Crippen molar-refractivity contribution in [3.63, 3.8) is 0 Å². The number of carbonyl (C=O) groups excluding carboxylic acids is 1. The van der Waals surface area contributed by atoms with Gasteiger partial charge in [-0.2, -0.15) is 5.10 Å². The molecule has 1 heterocycles. The van der Waals surface area contributed by atoms with E-state index in [2.05, 4.69) is 10.4 Å². The summed E-state index contributed by atoms with van der Waals surface area (Å²) in [7, 11) is 0. The number of nitrogens with one attached hydrogen (secondary N) is 1. The summed E-state index contributed by atoms with van der Waals surface area (Å²) in [6.07, 6.45) is 1.46. The van der Waals surface area contributed by atoms with Gasteiger partial charge in [0.25, 0.3) is 5.69 Å². The van der Waals surface area contributed by atoms with Crippen molar-refractivity contribution in [2.75, 3.05) is 0 Å². The molecule has 1 aromatic heterocycles. The van der Waals surface area contributed by atoms with Crippen molar-refractivity contribution in [2.24, 2.45) is 0 Å². The zero-order chi connectivity index (χ0) is 14.9. The van der Waals surface area contributed by atoms with E-state index in [1.807, 2.05) is 13.8 Å². The standard InChI is InChI=1S/C12H13ClN4O3/c1-7(2)15-11(18)6-16-12-8(5-14-16)3-9(17(19)20)4-10(12)13/h3-5,7H,6H2,1-2H3,(H,15,18). The minimum absolute atomic E-state index is 0.0131. The van der Waals surface area contributed by atoms with Gasteiger partial charge in [0.1, 0.15) is 6.54 Å². The van der Waals surface area contributed by atoms with Crippen LogP contribution in [0.2, 0.25) is 5.02 Å². The lowest BCUT2D eigenvalue weighted by Crippen LogP contribution is -2.33. The topological polar surface area (TPSA) is 90.1 Å². The van der Waals surface area contributed by atoms with Gasteiger partial charge in [-0.15, -0.1) is 0 Å². The number of halogens is 1. The van der Waals surface area contributed by atoms with Crippen molar-refractivity contribution >= 4 is 34.1 Å². The maximum atomic E-state index is 11.7. The molecule has 0 saturated carbocycles. The van der Waals surface area contributed by atoms with E-state index in [0.29, 0.717) is 10.9 Å². The molecule has 1 N–H and O–H groups in total. The van der Waals surface area contributed by atoms with Crippen molar-refractivity contribution in [3.05, 3.63) is 33.5 Å². The molecule has 0 aliphatic rings. The average Bonchev–Trinajstić information content (AvgIpc) is 2.71. The third kappa shape index (κ3) is 2.88. The molecule has 8 heteroatoms. The molecule has 0 aliphatic carbocycles. The predicted octanol–water partition coefficient (Wildman–Crippen LogP) is 2.12. The van der Waals surface area contributed by atoms with E-state index in [-0.39, 0.29) is 29.2 Å². The molecule has 106 valence electrons. The third-order valence-electron chi connectivity index (χ3n) is 2.63. The molecule has 1 amide bonds. The molecular weight excluding hydrogens is 284 g/mol. The molecule has 0 aliphatic heterocycles. The Morgan fingerprint density at radius 1 is 1.55 bits per heavy atom. The van der Waals surface area contributed by atoms with Gasteiger partial charge in [0.2, 0.25) is 5.91 Å². The van der Waals surface area contributed by atoms with E-state index in [1.165, 1.54) is 23.0 Å². The number of nitro benzene ring substituents is 1. The smallest absolute Gasteiger partial charge is 0.271 e. The Bertz CT molecular complexity index is 681. The number of aromatic nitrogens is 2. The summed E-state index contributed by atoms with van der Waals surface area (Å²) < 4.78 is 1.43. The van der Waals surface area contributed by atoms with Crippen molar-refractivity contribution in [1.29, 1.82) is 0 Å². The van der Waals surface area contributed by atoms with Crippen molar-refractivity contribution in [2.45, 2.75) is 26.4 Å². The number of hydrogen-bond donors (Lipinski definition) is 1. The zero-order valence-electron chi connectivity index (χ0n) is 11.0. The van der Waals surface area contributed by atoms with Crippen LogP contribution in [0.5, 0.6) is 0 Å². The van der Waals surface area contributed by atoms with Crippen LogP contribution in [0.25, 0.3) is 10.9 Å². The van der Waals surface area contributed by atoms with E-state index in [4.69, 9.17) is 11.6 Å². The highest BCUT2D eigenvalue weighted by atomic mass is 35.5. The summed E-state index contributed by atoms with van der Waals surface area (Å²) >= 11 is 6.04. The number of nitro groups is 1. The predicted molar refractivity (Wildman–Crippen MR) is 74.7 cm³/mol. The number of rotatable bonds is 4. The second-order valence-corrected chi connectivity index (χ2v) is 5.05. The number of non-ortho nitro benzene ring substituents is 1. The Kier molecular flexibility index (Phi) is 3.89. The Morgan fingerprint density at radius 2 is 2.25 bits per heavy atom. The first-order valence-corrected chi connectivity index (χ1v) is 6.35. The molecule has 0 saturated heterocycles. The van der Waals surface area contributed by atoms with E-state index in [0.717, 1.165) is 0 Å². The molecule has 20 heavy (non-hydrogen) atoms. The Balaban J connectivity index is 2.37. The number of amides is 1. The lowest BCUT2D eigenvalue weighted by Gasteiger charge is -2.09. The largest absolute Gasteiger partial charge is 0.352 e. The number of nitrogens with zero attached hydrogens (tertiary/aromatic N) is 3. The normalized spacial score (nSPS) is 11.0. The Morgan fingerprint density at radius 3 is 2.85 bits per heavy atom. The van der Waals surface area contributed by atoms with Crippen molar-refractivity contribution in [3.8, 4) is 0 Å². The molecule has 0 fully saturated rings. The van der Waals surface area contributed by atoms with Gasteiger partial charge < -0.3 is 5.32 Å². The first kappa shape index (κ1) is 14.3. The van der Waals surface area contributed by atoms with Crippen LogP contribution in [0, 0.1) is 10.1 Å². The lowest BCUT2D eigenvalue weighted by atomic mass is 10.2. The highest BCUT2D eigenvalue weighted by molar-refractivity contribution is 6.35. The molecule has 0 unspecified atom stereocenters. The van der Waals surface area contributed by atoms with E-state index in [9.17, 15) is 14.9 Å². The molecule has 0 radical (unpaired) electrons. The summed E-state index contributed by atoms with van der Waals surface area (Å²) in [5.41, 5.74) is 0.407. The summed E-state index contributed by atoms with van der Waals surface area (Å²) in [5, 5.41) is 18.3. The summed E-state index contributed by atoms with van der Waals surface area (Å²) in [6, 6.07) is 2.66. The lowest BCUT2D eigenvalue weighted by molar-refractivity contribution is -0.384. The third-order valence-corrected chi connectivity index (χ3v) is 2.91. The summed E-state index contributed by atoms with van der Waals surface area (Å²) in [5.74, 6) is -0.195. The molecule has 7 nitrogen and oxygen atoms in total. The SMILES string of the molecule is CC(C)NC(=O)Cn1ncc2cc([N+](=O)[O-])cc(Cl)c21. The molecule has 0 bridgehead atoms. The van der Waals surface area contributed by atoms with Crippen LogP contribution in [0.4, 0.5) is 5.69 Å². The van der Waals surface area contributed by atoms with Crippen LogP contribution in [0.1, 0.15) is 13.8 Å². The van der Waals surface area contributed by atoms with Gasteiger partial charge in [-0.1, -0.05) is 11.6 Å². The minimum atomic E-state index is -0.520. The van der Waals surface area contributed by atoms with E-state index < -0.39 is 4.92 Å². The van der Waals surface area contributed by atoms with Gasteiger partial charge >= 0.3 is 0 Å². The number of fused-ring (bicyclic) bond motifs is 1. The van der Waals surface area contributed by atoms with Crippen LogP contribution in [0.3, 0.4) is 0 Å². The molecule has 0 atom stereocenters. The van der Waals surface area contributed by atoms with Crippen molar-refractivity contribution in [1.82, 2.24) is 15.1 Å². The van der Waals surface area contributed by atoms with Crippen LogP contribution < -0.4 is 5.32 Å². The number of hydrogen-bond acceptors (Lipinski definition) is 4. The average molecular weight is 297 g/mol. The number of carbonyl (C=O) groups is 1. The first-order chi connectivity index (χ1) is 9.38. The molecule has 2 rings (SSSR count). The van der Waals surface area contributed by atoms with Gasteiger partial charge in [-0.3, -0.25) is 19.6 Å². The molecule has 2 aromatic rings. The molecule has 0 spiro atoms. The van der Waals surface area contributed by atoms with Crippen LogP contribution in [0.15, 0.2) is 18.3 Å².